The number of benzene rings is 1. The van der Waals surface area contributed by atoms with Crippen LogP contribution in [0.4, 0.5) is 9.59 Å². The lowest BCUT2D eigenvalue weighted by Crippen LogP contribution is -2.33. The fourth-order valence-electron chi connectivity index (χ4n) is 1.79. The number of sulfonamides is 1. The van der Waals surface area contributed by atoms with Crippen LogP contribution in [0.15, 0.2) is 29.2 Å². The lowest BCUT2D eigenvalue weighted by molar-refractivity contribution is 0.0528. The number of ether oxygens (including phenoxy) is 2. The molecule has 0 fully saturated rings. The van der Waals surface area contributed by atoms with Crippen LogP contribution >= 0.6 is 0 Å². The minimum Gasteiger partial charge on any atom is -0.449 e. The summed E-state index contributed by atoms with van der Waals surface area (Å²) < 4.78 is 35.4. The minimum atomic E-state index is -3.97. The van der Waals surface area contributed by atoms with Gasteiger partial charge in [0.05, 0.1) is 11.5 Å². The van der Waals surface area contributed by atoms with Crippen LogP contribution in [0.1, 0.15) is 33.3 Å². The maximum absolute atomic E-state index is 12.0. The number of rotatable bonds is 6. The maximum Gasteiger partial charge on any atom is 0.421 e. The van der Waals surface area contributed by atoms with Gasteiger partial charge in [0.2, 0.25) is 0 Å². The average molecular weight is 372 g/mol. The van der Waals surface area contributed by atoms with Gasteiger partial charge >= 0.3 is 12.2 Å². The van der Waals surface area contributed by atoms with E-state index in [0.29, 0.717) is 13.0 Å². The fourth-order valence-corrected chi connectivity index (χ4v) is 2.68. The highest BCUT2D eigenvalue weighted by molar-refractivity contribution is 7.90. The van der Waals surface area contributed by atoms with Crippen LogP contribution in [-0.2, 0) is 25.9 Å². The lowest BCUT2D eigenvalue weighted by atomic mass is 10.1. The van der Waals surface area contributed by atoms with E-state index >= 15 is 0 Å². The van der Waals surface area contributed by atoms with Gasteiger partial charge in [0.1, 0.15) is 5.60 Å². The third-order valence-electron chi connectivity index (χ3n) is 2.81. The Balaban J connectivity index is 2.56. The zero-order valence-corrected chi connectivity index (χ0v) is 15.6. The molecule has 1 aromatic carbocycles. The second-order valence-corrected chi connectivity index (χ2v) is 7.83. The molecule has 8 nitrogen and oxygen atoms in total. The average Bonchev–Trinajstić information content (AvgIpc) is 2.45. The van der Waals surface area contributed by atoms with E-state index in [0.717, 1.165) is 5.56 Å². The summed E-state index contributed by atoms with van der Waals surface area (Å²) in [6.07, 6.45) is -1.02. The monoisotopic (exact) mass is 372 g/mol. The van der Waals surface area contributed by atoms with Gasteiger partial charge in [0.25, 0.3) is 10.0 Å². The van der Waals surface area contributed by atoms with Gasteiger partial charge in [-0.15, -0.1) is 0 Å². The van der Waals surface area contributed by atoms with Crippen molar-refractivity contribution < 1.29 is 27.5 Å². The number of amides is 2. The second-order valence-electron chi connectivity index (χ2n) is 6.15. The summed E-state index contributed by atoms with van der Waals surface area (Å²) in [4.78, 5) is 22.7. The zero-order valence-electron chi connectivity index (χ0n) is 14.8. The molecule has 0 unspecified atom stereocenters. The molecule has 2 N–H and O–H groups in total. The second kappa shape index (κ2) is 8.70. The first-order chi connectivity index (χ1) is 11.5. The standard InChI is InChI=1S/C16H24N2O6S/c1-5-23-15(20)18-25(21,22)13-8-6-12(7-9-13)10-11-17-14(19)24-16(2,3)4/h6-9H,5,10-11H2,1-4H3,(H,17,19)(H,18,20). The van der Waals surface area contributed by atoms with Crippen LogP contribution in [0, 0.1) is 0 Å². The summed E-state index contributed by atoms with van der Waals surface area (Å²) in [6.45, 7) is 7.32. The first kappa shape index (κ1) is 20.8. The van der Waals surface area contributed by atoms with Gasteiger partial charge in [-0.3, -0.25) is 0 Å². The van der Waals surface area contributed by atoms with E-state index in [-0.39, 0.29) is 11.5 Å². The van der Waals surface area contributed by atoms with Crippen LogP contribution in [0.2, 0.25) is 0 Å². The molecule has 0 heterocycles. The number of hydrogen-bond acceptors (Lipinski definition) is 6. The highest BCUT2D eigenvalue weighted by Gasteiger charge is 2.18. The Morgan fingerprint density at radius 1 is 1.08 bits per heavy atom. The lowest BCUT2D eigenvalue weighted by Gasteiger charge is -2.19. The summed E-state index contributed by atoms with van der Waals surface area (Å²) >= 11 is 0. The maximum atomic E-state index is 12.0. The molecule has 0 radical (unpaired) electrons. The van der Waals surface area contributed by atoms with Gasteiger partial charge in [-0.25, -0.2) is 22.7 Å². The van der Waals surface area contributed by atoms with E-state index in [9.17, 15) is 18.0 Å². The van der Waals surface area contributed by atoms with E-state index in [4.69, 9.17) is 4.74 Å². The van der Waals surface area contributed by atoms with E-state index < -0.39 is 27.8 Å². The molecule has 1 aromatic rings. The summed E-state index contributed by atoms with van der Waals surface area (Å²) in [5.41, 5.74) is 0.262. The summed E-state index contributed by atoms with van der Waals surface area (Å²) in [5, 5.41) is 2.62. The molecule has 0 bridgehead atoms. The molecule has 2 amide bonds. The number of alkyl carbamates (subject to hydrolysis) is 1. The number of nitrogens with one attached hydrogen (secondary N) is 2. The molecule has 0 saturated carbocycles. The van der Waals surface area contributed by atoms with Gasteiger partial charge in [-0.1, -0.05) is 12.1 Å². The quantitative estimate of drug-likeness (QED) is 0.792. The number of carbonyl (C=O) groups excluding carboxylic acids is 2. The van der Waals surface area contributed by atoms with Gasteiger partial charge in [-0.2, -0.15) is 0 Å². The van der Waals surface area contributed by atoms with Gasteiger partial charge < -0.3 is 14.8 Å². The van der Waals surface area contributed by atoms with Crippen LogP contribution in [0.25, 0.3) is 0 Å². The van der Waals surface area contributed by atoms with Crippen molar-refractivity contribution in [3.63, 3.8) is 0 Å². The smallest absolute Gasteiger partial charge is 0.421 e. The first-order valence-electron chi connectivity index (χ1n) is 7.79. The van der Waals surface area contributed by atoms with Crippen LogP contribution < -0.4 is 10.0 Å². The Hall–Kier alpha value is -2.29. The highest BCUT2D eigenvalue weighted by Crippen LogP contribution is 2.11. The minimum absolute atomic E-state index is 0.0515. The third-order valence-corrected chi connectivity index (χ3v) is 4.14. The van der Waals surface area contributed by atoms with Crippen LogP contribution in [0.3, 0.4) is 0 Å². The molecule has 0 atom stereocenters. The number of hydrogen-bond donors (Lipinski definition) is 2. The molecule has 0 spiro atoms. The van der Waals surface area contributed by atoms with E-state index in [1.165, 1.54) is 12.1 Å². The van der Waals surface area contributed by atoms with Crippen molar-refractivity contribution in [2.24, 2.45) is 0 Å². The van der Waals surface area contributed by atoms with Crippen molar-refractivity contribution in [2.45, 2.75) is 44.6 Å². The van der Waals surface area contributed by atoms with Crippen molar-refractivity contribution in [1.82, 2.24) is 10.0 Å². The Morgan fingerprint density at radius 2 is 1.68 bits per heavy atom. The van der Waals surface area contributed by atoms with Crippen molar-refractivity contribution in [3.8, 4) is 0 Å². The molecule has 0 aliphatic rings. The summed E-state index contributed by atoms with van der Waals surface area (Å²) in [6, 6.07) is 5.97. The topological polar surface area (TPSA) is 111 Å². The molecular formula is C16H24N2O6S. The number of carbonyl (C=O) groups is 2. The Bertz CT molecular complexity index is 692. The Kier molecular flexibility index (Phi) is 7.22. The van der Waals surface area contributed by atoms with Crippen LogP contribution in [0.5, 0.6) is 0 Å². The highest BCUT2D eigenvalue weighted by atomic mass is 32.2. The van der Waals surface area contributed by atoms with Crippen molar-refractivity contribution in [1.29, 1.82) is 0 Å². The molecule has 25 heavy (non-hydrogen) atoms. The van der Waals surface area contributed by atoms with E-state index in [1.54, 1.807) is 39.8 Å². The molecule has 0 saturated heterocycles. The predicted octanol–water partition coefficient (Wildman–Crippen LogP) is 2.19. The molecule has 9 heteroatoms. The Morgan fingerprint density at radius 3 is 2.20 bits per heavy atom. The Labute approximate surface area is 147 Å². The fraction of sp³-hybridized carbons (Fsp3) is 0.500. The summed E-state index contributed by atoms with van der Waals surface area (Å²) in [5.74, 6) is 0. The molecular weight excluding hydrogens is 348 g/mol. The molecule has 140 valence electrons. The van der Waals surface area contributed by atoms with Crippen molar-refractivity contribution in [3.05, 3.63) is 29.8 Å². The largest absolute Gasteiger partial charge is 0.449 e. The van der Waals surface area contributed by atoms with E-state index in [2.05, 4.69) is 10.1 Å². The van der Waals surface area contributed by atoms with Crippen LogP contribution in [-0.4, -0.2) is 39.4 Å². The van der Waals surface area contributed by atoms with Gasteiger partial charge in [0.15, 0.2) is 0 Å². The van der Waals surface area contributed by atoms with Gasteiger partial charge in [0, 0.05) is 6.54 Å². The molecule has 0 aliphatic carbocycles. The normalized spacial score (nSPS) is 11.5. The zero-order chi connectivity index (χ0) is 19.1. The molecule has 0 aromatic heterocycles. The SMILES string of the molecule is CCOC(=O)NS(=O)(=O)c1ccc(CCNC(=O)OC(C)(C)C)cc1. The van der Waals surface area contributed by atoms with Gasteiger partial charge in [-0.05, 0) is 51.8 Å². The third kappa shape index (κ3) is 7.88. The molecule has 0 aliphatic heterocycles. The summed E-state index contributed by atoms with van der Waals surface area (Å²) in [7, 11) is -3.97. The predicted molar refractivity (Wildman–Crippen MR) is 91.7 cm³/mol. The first-order valence-corrected chi connectivity index (χ1v) is 9.27. The van der Waals surface area contributed by atoms with E-state index in [1.807, 2.05) is 4.72 Å². The van der Waals surface area contributed by atoms with Crippen molar-refractivity contribution >= 4 is 22.2 Å². The molecule has 1 rings (SSSR count). The van der Waals surface area contributed by atoms with Crippen molar-refractivity contribution in [2.75, 3.05) is 13.2 Å².